The minimum absolute atomic E-state index is 0.00866. The second-order valence-electron chi connectivity index (χ2n) is 10.7. The maximum absolute atomic E-state index is 13.5. The van der Waals surface area contributed by atoms with Gasteiger partial charge in [0.05, 0.1) is 17.6 Å². The molecule has 4 atom stereocenters. The zero-order valence-electron chi connectivity index (χ0n) is 20.7. The monoisotopic (exact) mass is 487 g/mol. The molecule has 1 aromatic heterocycles. The predicted octanol–water partition coefficient (Wildman–Crippen LogP) is 2.60. The Morgan fingerprint density at radius 1 is 1.03 bits per heavy atom. The highest BCUT2D eigenvalue weighted by molar-refractivity contribution is 5.84. The number of nitrogens with one attached hydrogen (secondary N) is 1. The van der Waals surface area contributed by atoms with Gasteiger partial charge in [-0.15, -0.1) is 0 Å². The molecule has 0 radical (unpaired) electrons. The van der Waals surface area contributed by atoms with Gasteiger partial charge in [0.25, 0.3) is 0 Å². The number of amides is 1. The van der Waals surface area contributed by atoms with Gasteiger partial charge in [-0.2, -0.15) is 5.10 Å². The number of aryl methyl sites for hydroxylation is 1. The Bertz CT molecular complexity index is 1300. The SMILES string of the molecule is Cn1ncc2ccc(N3CC4C(=O)NC(Cc5ccc6c(c5)OCCO6)C(N5CCCC5)C4C3)cc21. The van der Waals surface area contributed by atoms with Gasteiger partial charge in [0, 0.05) is 49.2 Å². The van der Waals surface area contributed by atoms with Gasteiger partial charge in [-0.3, -0.25) is 14.4 Å². The molecule has 5 heterocycles. The van der Waals surface area contributed by atoms with Crippen molar-refractivity contribution in [2.45, 2.75) is 31.3 Å². The van der Waals surface area contributed by atoms with Crippen molar-refractivity contribution >= 4 is 22.5 Å². The number of benzene rings is 2. The first-order valence-corrected chi connectivity index (χ1v) is 13.2. The maximum atomic E-state index is 13.5. The number of fused-ring (bicyclic) bond motifs is 3. The fraction of sp³-hybridized carbons (Fsp3) is 0.500. The highest BCUT2D eigenvalue weighted by atomic mass is 16.6. The van der Waals surface area contributed by atoms with Crippen LogP contribution in [0.1, 0.15) is 18.4 Å². The van der Waals surface area contributed by atoms with Crippen LogP contribution in [0.25, 0.3) is 10.9 Å². The molecule has 3 saturated heterocycles. The molecule has 3 aromatic rings. The Labute approximate surface area is 211 Å². The zero-order chi connectivity index (χ0) is 24.2. The van der Waals surface area contributed by atoms with E-state index < -0.39 is 0 Å². The molecule has 4 aliphatic heterocycles. The Morgan fingerprint density at radius 3 is 2.72 bits per heavy atom. The molecule has 1 N–H and O–H groups in total. The van der Waals surface area contributed by atoms with Crippen LogP contribution in [-0.2, 0) is 18.3 Å². The van der Waals surface area contributed by atoms with Crippen molar-refractivity contribution in [3.05, 3.63) is 48.2 Å². The Kier molecular flexibility index (Phi) is 5.31. The Hall–Kier alpha value is -3.26. The number of carbonyl (C=O) groups is 1. The fourth-order valence-electron chi connectivity index (χ4n) is 6.87. The lowest BCUT2D eigenvalue weighted by Crippen LogP contribution is -2.63. The molecule has 3 fully saturated rings. The van der Waals surface area contributed by atoms with Crippen molar-refractivity contribution in [1.29, 1.82) is 0 Å². The van der Waals surface area contributed by atoms with E-state index in [-0.39, 0.29) is 17.9 Å². The van der Waals surface area contributed by atoms with Crippen molar-refractivity contribution in [2.75, 3.05) is 44.3 Å². The number of hydrogen-bond donors (Lipinski definition) is 1. The van der Waals surface area contributed by atoms with E-state index in [1.807, 2.05) is 24.0 Å². The van der Waals surface area contributed by atoms with E-state index in [4.69, 9.17) is 9.47 Å². The molecule has 188 valence electrons. The Morgan fingerprint density at radius 2 is 1.86 bits per heavy atom. The lowest BCUT2D eigenvalue weighted by Gasteiger charge is -2.44. The molecule has 4 unspecified atom stereocenters. The van der Waals surface area contributed by atoms with Gasteiger partial charge >= 0.3 is 0 Å². The highest BCUT2D eigenvalue weighted by Crippen LogP contribution is 2.39. The topological polar surface area (TPSA) is 71.9 Å². The van der Waals surface area contributed by atoms with Crippen molar-refractivity contribution in [1.82, 2.24) is 20.0 Å². The summed E-state index contributed by atoms with van der Waals surface area (Å²) in [5, 5.41) is 9.00. The average Bonchev–Trinajstić information content (AvgIpc) is 3.65. The lowest BCUT2D eigenvalue weighted by atomic mass is 9.78. The van der Waals surface area contributed by atoms with E-state index in [9.17, 15) is 4.79 Å². The second kappa shape index (κ2) is 8.69. The summed E-state index contributed by atoms with van der Waals surface area (Å²) in [7, 11) is 1.98. The lowest BCUT2D eigenvalue weighted by molar-refractivity contribution is -0.131. The molecule has 0 aliphatic carbocycles. The van der Waals surface area contributed by atoms with Gasteiger partial charge in [0.2, 0.25) is 5.91 Å². The van der Waals surface area contributed by atoms with Crippen LogP contribution in [-0.4, -0.2) is 72.1 Å². The van der Waals surface area contributed by atoms with Crippen molar-refractivity contribution in [2.24, 2.45) is 18.9 Å². The third-order valence-electron chi connectivity index (χ3n) is 8.60. The van der Waals surface area contributed by atoms with Gasteiger partial charge in [-0.05, 0) is 68.2 Å². The van der Waals surface area contributed by atoms with Crippen LogP contribution in [0.3, 0.4) is 0 Å². The van der Waals surface area contributed by atoms with Crippen LogP contribution in [0.2, 0.25) is 0 Å². The predicted molar refractivity (Wildman–Crippen MR) is 138 cm³/mol. The first-order valence-electron chi connectivity index (χ1n) is 13.2. The van der Waals surface area contributed by atoms with Crippen LogP contribution >= 0.6 is 0 Å². The number of piperidine rings is 1. The number of rotatable bonds is 4. The summed E-state index contributed by atoms with van der Waals surface area (Å²) in [6, 6.07) is 13.2. The first kappa shape index (κ1) is 22.0. The quantitative estimate of drug-likeness (QED) is 0.610. The number of nitrogens with zero attached hydrogens (tertiary/aromatic N) is 4. The molecule has 1 amide bonds. The van der Waals surface area contributed by atoms with E-state index in [0.717, 1.165) is 55.0 Å². The van der Waals surface area contributed by atoms with E-state index in [2.05, 4.69) is 50.5 Å². The van der Waals surface area contributed by atoms with Gasteiger partial charge in [0.1, 0.15) is 13.2 Å². The molecule has 0 bridgehead atoms. The summed E-state index contributed by atoms with van der Waals surface area (Å²) in [6.45, 7) is 5.07. The molecule has 36 heavy (non-hydrogen) atoms. The second-order valence-corrected chi connectivity index (χ2v) is 10.7. The molecule has 8 nitrogen and oxygen atoms in total. The van der Waals surface area contributed by atoms with E-state index >= 15 is 0 Å². The molecule has 8 heteroatoms. The molecule has 0 spiro atoms. The van der Waals surface area contributed by atoms with E-state index in [1.54, 1.807) is 0 Å². The number of aromatic nitrogens is 2. The zero-order valence-corrected chi connectivity index (χ0v) is 20.7. The summed E-state index contributed by atoms with van der Waals surface area (Å²) < 4.78 is 13.5. The third kappa shape index (κ3) is 3.70. The van der Waals surface area contributed by atoms with Crippen LogP contribution in [0.5, 0.6) is 11.5 Å². The van der Waals surface area contributed by atoms with E-state index in [1.165, 1.54) is 24.1 Å². The standard InChI is InChI=1S/C28H33N5O3/c1-31-24-14-20(6-5-19(24)15-29-31)33-16-21-22(17-33)28(34)30-23(27(21)32-8-2-3-9-32)12-18-4-7-25-26(13-18)36-11-10-35-25/h4-7,13-15,21-23,27H,2-3,8-12,16-17H2,1H3,(H,30,34). The largest absolute Gasteiger partial charge is 0.486 e. The summed E-state index contributed by atoms with van der Waals surface area (Å²) in [5.74, 6) is 2.14. The number of ether oxygens (including phenoxy) is 2. The number of hydrogen-bond acceptors (Lipinski definition) is 6. The van der Waals surface area contributed by atoms with Gasteiger partial charge in [0.15, 0.2) is 11.5 Å². The third-order valence-corrected chi connectivity index (χ3v) is 8.60. The van der Waals surface area contributed by atoms with Crippen molar-refractivity contribution in [3.8, 4) is 11.5 Å². The average molecular weight is 488 g/mol. The van der Waals surface area contributed by atoms with Crippen LogP contribution in [0.4, 0.5) is 5.69 Å². The first-order chi connectivity index (χ1) is 17.6. The summed E-state index contributed by atoms with van der Waals surface area (Å²) in [6.07, 6.45) is 5.18. The molecule has 4 aliphatic rings. The minimum atomic E-state index is 0.00866. The van der Waals surface area contributed by atoms with Gasteiger partial charge < -0.3 is 19.7 Å². The molecule has 2 aromatic carbocycles. The Balaban J connectivity index is 1.18. The fourth-order valence-corrected chi connectivity index (χ4v) is 6.87. The molecule has 7 rings (SSSR count). The normalized spacial score (nSPS) is 27.9. The number of carbonyl (C=O) groups excluding carboxylic acids is 1. The summed E-state index contributed by atoms with van der Waals surface area (Å²) in [5.41, 5.74) is 3.49. The van der Waals surface area contributed by atoms with E-state index in [0.29, 0.717) is 25.2 Å². The van der Waals surface area contributed by atoms with Crippen LogP contribution in [0, 0.1) is 11.8 Å². The van der Waals surface area contributed by atoms with Gasteiger partial charge in [-0.25, -0.2) is 0 Å². The minimum Gasteiger partial charge on any atom is -0.486 e. The number of likely N-dealkylation sites (tertiary alicyclic amines) is 1. The molecule has 0 saturated carbocycles. The summed E-state index contributed by atoms with van der Waals surface area (Å²) >= 11 is 0. The summed E-state index contributed by atoms with van der Waals surface area (Å²) in [4.78, 5) is 18.5. The van der Waals surface area contributed by atoms with Crippen molar-refractivity contribution in [3.63, 3.8) is 0 Å². The maximum Gasteiger partial charge on any atom is 0.225 e. The van der Waals surface area contributed by atoms with Crippen LogP contribution in [0.15, 0.2) is 42.6 Å². The van der Waals surface area contributed by atoms with Crippen molar-refractivity contribution < 1.29 is 14.3 Å². The number of anilines is 1. The van der Waals surface area contributed by atoms with Crippen LogP contribution < -0.4 is 19.7 Å². The molecular formula is C28H33N5O3. The van der Waals surface area contributed by atoms with Gasteiger partial charge in [-0.1, -0.05) is 6.07 Å². The highest BCUT2D eigenvalue weighted by Gasteiger charge is 2.51. The molecular weight excluding hydrogens is 454 g/mol. The smallest absolute Gasteiger partial charge is 0.225 e.